The van der Waals surface area contributed by atoms with Crippen molar-refractivity contribution in [2.24, 2.45) is 5.92 Å². The lowest BCUT2D eigenvalue weighted by Gasteiger charge is -2.14. The van der Waals surface area contributed by atoms with Crippen molar-refractivity contribution in [3.8, 4) is 0 Å². The molecule has 0 aliphatic heterocycles. The van der Waals surface area contributed by atoms with Crippen molar-refractivity contribution in [3.63, 3.8) is 0 Å². The Kier molecular flexibility index (Phi) is 5.10. The molecule has 0 bridgehead atoms. The van der Waals surface area contributed by atoms with Crippen molar-refractivity contribution in [2.75, 3.05) is 13.2 Å². The predicted molar refractivity (Wildman–Crippen MR) is 59.4 cm³/mol. The average Bonchev–Trinajstić information content (AvgIpc) is 2.29. The van der Waals surface area contributed by atoms with E-state index in [1.807, 2.05) is 0 Å². The van der Waals surface area contributed by atoms with Crippen LogP contribution < -0.4 is 5.32 Å². The summed E-state index contributed by atoms with van der Waals surface area (Å²) in [5.74, 6) is -0.949. The summed E-state index contributed by atoms with van der Waals surface area (Å²) in [5, 5.41) is 11.6. The van der Waals surface area contributed by atoms with Gasteiger partial charge in [0, 0.05) is 19.7 Å². The summed E-state index contributed by atoms with van der Waals surface area (Å²) in [5.41, 5.74) is -0.972. The van der Waals surface area contributed by atoms with Gasteiger partial charge in [-0.1, -0.05) is 13.0 Å². The van der Waals surface area contributed by atoms with E-state index in [-0.39, 0.29) is 24.6 Å². The van der Waals surface area contributed by atoms with Gasteiger partial charge in [0.05, 0.1) is 5.56 Å². The summed E-state index contributed by atoms with van der Waals surface area (Å²) in [6, 6.07) is 2.61. The second-order valence-electron chi connectivity index (χ2n) is 4.22. The number of benzene rings is 1. The molecule has 0 saturated heterocycles. The maximum atomic E-state index is 12.8. The highest BCUT2D eigenvalue weighted by Crippen LogP contribution is 2.32. The van der Waals surface area contributed by atoms with Crippen molar-refractivity contribution < 1.29 is 22.7 Å². The summed E-state index contributed by atoms with van der Waals surface area (Å²) in [4.78, 5) is 0. The van der Waals surface area contributed by atoms with Crippen LogP contribution in [-0.4, -0.2) is 18.3 Å². The molecule has 0 amide bonds. The Labute approximate surface area is 103 Å². The topological polar surface area (TPSA) is 32.3 Å². The summed E-state index contributed by atoms with van der Waals surface area (Å²) in [7, 11) is 0. The van der Waals surface area contributed by atoms with E-state index in [1.54, 1.807) is 6.92 Å². The van der Waals surface area contributed by atoms with Gasteiger partial charge in [-0.2, -0.15) is 13.2 Å². The number of hydrogen-bond donors (Lipinski definition) is 2. The second kappa shape index (κ2) is 6.15. The number of rotatable bonds is 5. The third-order valence-corrected chi connectivity index (χ3v) is 2.50. The van der Waals surface area contributed by atoms with Gasteiger partial charge in [0.15, 0.2) is 0 Å². The van der Waals surface area contributed by atoms with Gasteiger partial charge in [-0.25, -0.2) is 4.39 Å². The van der Waals surface area contributed by atoms with Crippen LogP contribution in [0, 0.1) is 11.7 Å². The van der Waals surface area contributed by atoms with Crippen LogP contribution in [0.2, 0.25) is 0 Å². The van der Waals surface area contributed by atoms with Crippen LogP contribution >= 0.6 is 0 Å². The first-order chi connectivity index (χ1) is 8.34. The fourth-order valence-electron chi connectivity index (χ4n) is 1.48. The smallest absolute Gasteiger partial charge is 0.396 e. The van der Waals surface area contributed by atoms with E-state index in [2.05, 4.69) is 5.32 Å². The number of nitrogens with one attached hydrogen (secondary N) is 1. The molecule has 0 aromatic heterocycles. The fraction of sp³-hybridized carbons (Fsp3) is 0.500. The minimum atomic E-state index is -4.57. The van der Waals surface area contributed by atoms with Crippen LogP contribution in [0.1, 0.15) is 18.1 Å². The third kappa shape index (κ3) is 4.27. The summed E-state index contributed by atoms with van der Waals surface area (Å²) in [6.07, 6.45) is -4.57. The average molecular weight is 265 g/mol. The van der Waals surface area contributed by atoms with Crippen molar-refractivity contribution >= 4 is 0 Å². The molecule has 0 fully saturated rings. The second-order valence-corrected chi connectivity index (χ2v) is 4.22. The lowest BCUT2D eigenvalue weighted by molar-refractivity contribution is -0.138. The van der Waals surface area contributed by atoms with Gasteiger partial charge in [-0.3, -0.25) is 0 Å². The molecule has 102 valence electrons. The van der Waals surface area contributed by atoms with Crippen molar-refractivity contribution in [3.05, 3.63) is 35.1 Å². The largest absolute Gasteiger partial charge is 0.416 e. The monoisotopic (exact) mass is 265 g/mol. The maximum Gasteiger partial charge on any atom is 0.416 e. The quantitative estimate of drug-likeness (QED) is 0.802. The highest BCUT2D eigenvalue weighted by atomic mass is 19.4. The Bertz CT molecular complexity index is 392. The molecule has 6 heteroatoms. The van der Waals surface area contributed by atoms with Crippen LogP contribution in [0.3, 0.4) is 0 Å². The van der Waals surface area contributed by atoms with E-state index in [0.717, 1.165) is 12.1 Å². The predicted octanol–water partition coefficient (Wildman–Crippen LogP) is 2.56. The SMILES string of the molecule is CC(CO)CNCc1ccc(F)cc1C(F)(F)F. The Morgan fingerprint density at radius 1 is 1.33 bits per heavy atom. The van der Waals surface area contributed by atoms with Crippen molar-refractivity contribution in [1.82, 2.24) is 5.32 Å². The van der Waals surface area contributed by atoms with Gasteiger partial charge in [0.1, 0.15) is 5.82 Å². The van der Waals surface area contributed by atoms with Crippen molar-refractivity contribution in [1.29, 1.82) is 0 Å². The van der Waals surface area contributed by atoms with E-state index >= 15 is 0 Å². The van der Waals surface area contributed by atoms with E-state index in [4.69, 9.17) is 5.11 Å². The maximum absolute atomic E-state index is 12.8. The van der Waals surface area contributed by atoms with Gasteiger partial charge in [0.25, 0.3) is 0 Å². The van der Waals surface area contributed by atoms with E-state index < -0.39 is 17.6 Å². The van der Waals surface area contributed by atoms with E-state index in [0.29, 0.717) is 12.6 Å². The Hall–Kier alpha value is -1.14. The van der Waals surface area contributed by atoms with Crippen LogP contribution in [0.5, 0.6) is 0 Å². The molecule has 1 aromatic carbocycles. The van der Waals surface area contributed by atoms with Gasteiger partial charge in [-0.15, -0.1) is 0 Å². The van der Waals surface area contributed by atoms with Gasteiger partial charge < -0.3 is 10.4 Å². The van der Waals surface area contributed by atoms with Crippen LogP contribution in [0.15, 0.2) is 18.2 Å². The molecular weight excluding hydrogens is 250 g/mol. The zero-order valence-corrected chi connectivity index (χ0v) is 9.89. The standard InChI is InChI=1S/C12H15F4NO/c1-8(7-18)5-17-6-9-2-3-10(13)4-11(9)12(14,15)16/h2-4,8,17-18H,5-7H2,1H3. The van der Waals surface area contributed by atoms with Crippen LogP contribution in [0.4, 0.5) is 17.6 Å². The Morgan fingerprint density at radius 3 is 2.56 bits per heavy atom. The molecule has 1 unspecified atom stereocenters. The zero-order chi connectivity index (χ0) is 13.8. The number of hydrogen-bond acceptors (Lipinski definition) is 2. The highest BCUT2D eigenvalue weighted by molar-refractivity contribution is 5.30. The molecule has 0 radical (unpaired) electrons. The van der Waals surface area contributed by atoms with Crippen molar-refractivity contribution in [2.45, 2.75) is 19.6 Å². The first-order valence-corrected chi connectivity index (χ1v) is 5.51. The molecule has 0 aliphatic rings. The zero-order valence-electron chi connectivity index (χ0n) is 9.89. The molecule has 1 rings (SSSR count). The molecule has 0 saturated carbocycles. The molecule has 0 aliphatic carbocycles. The molecule has 0 heterocycles. The molecular formula is C12H15F4NO. The first-order valence-electron chi connectivity index (χ1n) is 5.51. The lowest BCUT2D eigenvalue weighted by Crippen LogP contribution is -2.24. The van der Waals surface area contributed by atoms with Gasteiger partial charge >= 0.3 is 6.18 Å². The number of aliphatic hydroxyl groups is 1. The Balaban J connectivity index is 2.76. The lowest BCUT2D eigenvalue weighted by atomic mass is 10.1. The minimum Gasteiger partial charge on any atom is -0.396 e. The highest BCUT2D eigenvalue weighted by Gasteiger charge is 2.33. The molecule has 1 atom stereocenters. The third-order valence-electron chi connectivity index (χ3n) is 2.50. The van der Waals surface area contributed by atoms with E-state index in [1.165, 1.54) is 0 Å². The fourth-order valence-corrected chi connectivity index (χ4v) is 1.48. The van der Waals surface area contributed by atoms with Gasteiger partial charge in [-0.05, 0) is 23.6 Å². The van der Waals surface area contributed by atoms with Gasteiger partial charge in [0.2, 0.25) is 0 Å². The molecule has 2 N–H and O–H groups in total. The summed E-state index contributed by atoms with van der Waals surface area (Å²) >= 11 is 0. The molecule has 0 spiro atoms. The molecule has 18 heavy (non-hydrogen) atoms. The first kappa shape index (κ1) is 14.9. The Morgan fingerprint density at radius 2 is 2.00 bits per heavy atom. The van der Waals surface area contributed by atoms with Crippen LogP contribution in [0.25, 0.3) is 0 Å². The normalized spacial score (nSPS) is 13.7. The summed E-state index contributed by atoms with van der Waals surface area (Å²) < 4.78 is 50.8. The molecule has 2 nitrogen and oxygen atoms in total. The van der Waals surface area contributed by atoms with Crippen LogP contribution in [-0.2, 0) is 12.7 Å². The number of alkyl halides is 3. The summed E-state index contributed by atoms with van der Waals surface area (Å²) in [6.45, 7) is 2.11. The minimum absolute atomic E-state index is 0.00552. The molecule has 1 aromatic rings. The number of halogens is 4. The van der Waals surface area contributed by atoms with E-state index in [9.17, 15) is 17.6 Å². The number of aliphatic hydroxyl groups excluding tert-OH is 1.